The van der Waals surface area contributed by atoms with Gasteiger partial charge in [0, 0.05) is 20.0 Å². The third-order valence-corrected chi connectivity index (χ3v) is 4.41. The van der Waals surface area contributed by atoms with Gasteiger partial charge in [-0.05, 0) is 19.4 Å². The molecule has 0 radical (unpaired) electrons. The fourth-order valence-electron chi connectivity index (χ4n) is 3.02. The Morgan fingerprint density at radius 1 is 1.33 bits per heavy atom. The fraction of sp³-hybridized carbons (Fsp3) is 0.867. The van der Waals surface area contributed by atoms with Crippen LogP contribution in [-0.4, -0.2) is 73.6 Å². The molecule has 1 N–H and O–H groups in total. The molecule has 1 spiro atoms. The van der Waals surface area contributed by atoms with Crippen molar-refractivity contribution in [1.29, 1.82) is 0 Å². The van der Waals surface area contributed by atoms with Crippen LogP contribution < -0.4 is 5.32 Å². The van der Waals surface area contributed by atoms with Crippen molar-refractivity contribution in [3.05, 3.63) is 0 Å². The highest BCUT2D eigenvalue weighted by Crippen LogP contribution is 2.31. The maximum Gasteiger partial charge on any atom is 0.239 e. The number of carbonyl (C=O) groups excluding carboxylic acids is 2. The second kappa shape index (κ2) is 6.32. The Hall–Kier alpha value is -1.14. The van der Waals surface area contributed by atoms with Crippen LogP contribution in [0.15, 0.2) is 0 Å². The van der Waals surface area contributed by atoms with Gasteiger partial charge in [-0.15, -0.1) is 0 Å². The minimum atomic E-state index is -0.271. The Labute approximate surface area is 126 Å². The van der Waals surface area contributed by atoms with Crippen molar-refractivity contribution in [2.45, 2.75) is 38.3 Å². The largest absolute Gasteiger partial charge is 0.368 e. The Balaban J connectivity index is 1.81. The molecule has 0 unspecified atom stereocenters. The molecular weight excluding hydrogens is 270 g/mol. The molecule has 1 atom stereocenters. The number of amides is 2. The summed E-state index contributed by atoms with van der Waals surface area (Å²) in [5.41, 5.74) is -0.271. The van der Waals surface area contributed by atoms with Crippen LogP contribution in [0.4, 0.5) is 0 Å². The standard InChI is InChI=1S/C15H27N3O3/c1-11(2)5-6-13(19)18-9-15(10-18)8-17(4)12(7-21-15)14(20)16-3/h11-12H,5-10H2,1-4H3,(H,16,20)/t12-/m0/s1. The zero-order valence-corrected chi connectivity index (χ0v) is 13.5. The number of rotatable bonds is 4. The van der Waals surface area contributed by atoms with E-state index in [1.54, 1.807) is 7.05 Å². The highest BCUT2D eigenvalue weighted by molar-refractivity contribution is 5.81. The van der Waals surface area contributed by atoms with E-state index in [4.69, 9.17) is 4.74 Å². The third kappa shape index (κ3) is 3.55. The number of likely N-dealkylation sites (tertiary alicyclic amines) is 1. The number of nitrogens with one attached hydrogen (secondary N) is 1. The third-order valence-electron chi connectivity index (χ3n) is 4.41. The summed E-state index contributed by atoms with van der Waals surface area (Å²) in [5.74, 6) is 0.750. The first kappa shape index (κ1) is 16.2. The average Bonchev–Trinajstić information content (AvgIpc) is 2.41. The van der Waals surface area contributed by atoms with Crippen molar-refractivity contribution in [3.8, 4) is 0 Å². The van der Waals surface area contributed by atoms with Crippen molar-refractivity contribution in [3.63, 3.8) is 0 Å². The van der Waals surface area contributed by atoms with Gasteiger partial charge in [-0.2, -0.15) is 0 Å². The first-order chi connectivity index (χ1) is 9.87. The van der Waals surface area contributed by atoms with E-state index in [-0.39, 0.29) is 23.5 Å². The fourth-order valence-corrected chi connectivity index (χ4v) is 3.02. The van der Waals surface area contributed by atoms with E-state index >= 15 is 0 Å². The lowest BCUT2D eigenvalue weighted by molar-refractivity contribution is -0.201. The second-order valence-corrected chi connectivity index (χ2v) is 6.72. The lowest BCUT2D eigenvalue weighted by atomic mass is 9.90. The van der Waals surface area contributed by atoms with Gasteiger partial charge in [0.1, 0.15) is 11.6 Å². The molecular formula is C15H27N3O3. The van der Waals surface area contributed by atoms with Crippen molar-refractivity contribution in [2.75, 3.05) is 40.3 Å². The van der Waals surface area contributed by atoms with Crippen molar-refractivity contribution < 1.29 is 14.3 Å². The SMILES string of the molecule is CNC(=O)[C@@H]1COC2(CN(C(=O)CCC(C)C)C2)CN1C. The average molecular weight is 297 g/mol. The van der Waals surface area contributed by atoms with Gasteiger partial charge in [-0.1, -0.05) is 13.8 Å². The molecule has 0 bridgehead atoms. The molecule has 2 aliphatic rings. The maximum atomic E-state index is 12.0. The molecule has 2 saturated heterocycles. The highest BCUT2D eigenvalue weighted by atomic mass is 16.5. The maximum absolute atomic E-state index is 12.0. The topological polar surface area (TPSA) is 61.9 Å². The summed E-state index contributed by atoms with van der Waals surface area (Å²) in [6.45, 7) is 6.64. The van der Waals surface area contributed by atoms with Gasteiger partial charge in [0.05, 0.1) is 19.7 Å². The van der Waals surface area contributed by atoms with E-state index < -0.39 is 0 Å². The van der Waals surface area contributed by atoms with Crippen molar-refractivity contribution in [1.82, 2.24) is 15.1 Å². The van der Waals surface area contributed by atoms with Gasteiger partial charge in [-0.25, -0.2) is 0 Å². The van der Waals surface area contributed by atoms with E-state index in [0.29, 0.717) is 38.6 Å². The monoisotopic (exact) mass is 297 g/mol. The molecule has 120 valence electrons. The molecule has 0 aliphatic carbocycles. The van der Waals surface area contributed by atoms with Crippen LogP contribution in [0.1, 0.15) is 26.7 Å². The number of hydrogen-bond acceptors (Lipinski definition) is 4. The zero-order chi connectivity index (χ0) is 15.6. The van der Waals surface area contributed by atoms with Gasteiger partial charge >= 0.3 is 0 Å². The van der Waals surface area contributed by atoms with Gasteiger partial charge in [0.2, 0.25) is 11.8 Å². The quantitative estimate of drug-likeness (QED) is 0.798. The summed E-state index contributed by atoms with van der Waals surface area (Å²) < 4.78 is 5.92. The van der Waals surface area contributed by atoms with Crippen LogP contribution in [0.2, 0.25) is 0 Å². The number of carbonyl (C=O) groups is 2. The van der Waals surface area contributed by atoms with Crippen LogP contribution in [0.3, 0.4) is 0 Å². The molecule has 6 nitrogen and oxygen atoms in total. The zero-order valence-electron chi connectivity index (χ0n) is 13.5. The van der Waals surface area contributed by atoms with Crippen LogP contribution in [0, 0.1) is 5.92 Å². The molecule has 0 aromatic carbocycles. The first-order valence-corrected chi connectivity index (χ1v) is 7.70. The lowest BCUT2D eigenvalue weighted by Gasteiger charge is -2.54. The summed E-state index contributed by atoms with van der Waals surface area (Å²) in [5, 5.41) is 2.66. The van der Waals surface area contributed by atoms with Gasteiger partial charge in [0.25, 0.3) is 0 Å². The predicted octanol–water partition coefficient (Wildman–Crippen LogP) is 0.0802. The second-order valence-electron chi connectivity index (χ2n) is 6.72. The van der Waals surface area contributed by atoms with E-state index in [2.05, 4.69) is 19.2 Å². The summed E-state index contributed by atoms with van der Waals surface area (Å²) in [4.78, 5) is 27.7. The molecule has 6 heteroatoms. The Morgan fingerprint density at radius 2 is 2.00 bits per heavy atom. The van der Waals surface area contributed by atoms with Crippen molar-refractivity contribution >= 4 is 11.8 Å². The summed E-state index contributed by atoms with van der Waals surface area (Å²) in [7, 11) is 3.58. The Morgan fingerprint density at radius 3 is 2.52 bits per heavy atom. The van der Waals surface area contributed by atoms with Crippen LogP contribution in [0.25, 0.3) is 0 Å². The molecule has 2 rings (SSSR count). The molecule has 2 aliphatic heterocycles. The Kier molecular flexibility index (Phi) is 4.88. The van der Waals surface area contributed by atoms with E-state index in [1.165, 1.54) is 0 Å². The predicted molar refractivity (Wildman–Crippen MR) is 79.8 cm³/mol. The Bertz CT molecular complexity index is 405. The number of likely N-dealkylation sites (N-methyl/N-ethyl adjacent to an activating group) is 2. The highest BCUT2D eigenvalue weighted by Gasteiger charge is 2.50. The summed E-state index contributed by atoms with van der Waals surface area (Å²) >= 11 is 0. The van der Waals surface area contributed by atoms with Crippen molar-refractivity contribution in [2.24, 2.45) is 5.92 Å². The van der Waals surface area contributed by atoms with Crippen LogP contribution in [0.5, 0.6) is 0 Å². The normalized spacial score (nSPS) is 25.0. The molecule has 0 aromatic heterocycles. The molecule has 0 aromatic rings. The van der Waals surface area contributed by atoms with Gasteiger partial charge < -0.3 is 15.0 Å². The van der Waals surface area contributed by atoms with Gasteiger partial charge in [-0.3, -0.25) is 14.5 Å². The van der Waals surface area contributed by atoms with Crippen LogP contribution >= 0.6 is 0 Å². The van der Waals surface area contributed by atoms with E-state index in [1.807, 2.05) is 16.8 Å². The molecule has 21 heavy (non-hydrogen) atoms. The summed E-state index contributed by atoms with van der Waals surface area (Å²) in [6.07, 6.45) is 1.55. The number of hydrogen-bond donors (Lipinski definition) is 1. The molecule has 2 amide bonds. The molecule has 2 heterocycles. The number of ether oxygens (including phenoxy) is 1. The van der Waals surface area contributed by atoms with Gasteiger partial charge in [0.15, 0.2) is 0 Å². The molecule has 0 saturated carbocycles. The minimum absolute atomic E-state index is 0.0171. The number of morpholine rings is 1. The van der Waals surface area contributed by atoms with E-state index in [0.717, 1.165) is 6.42 Å². The smallest absolute Gasteiger partial charge is 0.239 e. The minimum Gasteiger partial charge on any atom is -0.368 e. The van der Waals surface area contributed by atoms with E-state index in [9.17, 15) is 9.59 Å². The van der Waals surface area contributed by atoms with Crippen LogP contribution in [-0.2, 0) is 14.3 Å². The molecule has 2 fully saturated rings. The first-order valence-electron chi connectivity index (χ1n) is 7.70. The lowest BCUT2D eigenvalue weighted by Crippen LogP contribution is -2.73. The summed E-state index contributed by atoms with van der Waals surface area (Å²) in [6, 6.07) is -0.230. The number of nitrogens with zero attached hydrogens (tertiary/aromatic N) is 2.